The molecule has 2 amide bonds. The van der Waals surface area contributed by atoms with Crippen LogP contribution in [0.15, 0.2) is 0 Å². The predicted octanol–water partition coefficient (Wildman–Crippen LogP) is 0.633. The molecule has 0 aromatic rings. The van der Waals surface area contributed by atoms with Gasteiger partial charge in [0.25, 0.3) is 0 Å². The van der Waals surface area contributed by atoms with E-state index in [0.29, 0.717) is 19.5 Å². The zero-order chi connectivity index (χ0) is 13.4. The third kappa shape index (κ3) is 4.29. The summed E-state index contributed by atoms with van der Waals surface area (Å²) < 4.78 is 0. The minimum absolute atomic E-state index is 0.00558. The summed E-state index contributed by atoms with van der Waals surface area (Å²) >= 11 is 0. The van der Waals surface area contributed by atoms with E-state index in [4.69, 9.17) is 5.73 Å². The number of nitrogens with one attached hydrogen (secondary N) is 1. The van der Waals surface area contributed by atoms with Gasteiger partial charge in [-0.15, -0.1) is 0 Å². The van der Waals surface area contributed by atoms with E-state index in [9.17, 15) is 9.59 Å². The van der Waals surface area contributed by atoms with Crippen LogP contribution in [-0.2, 0) is 9.59 Å². The molecule has 0 saturated carbocycles. The van der Waals surface area contributed by atoms with Gasteiger partial charge < -0.3 is 16.0 Å². The van der Waals surface area contributed by atoms with Crippen LogP contribution in [0, 0.1) is 0 Å². The molecule has 0 spiro atoms. The van der Waals surface area contributed by atoms with Crippen LogP contribution in [0.2, 0.25) is 0 Å². The summed E-state index contributed by atoms with van der Waals surface area (Å²) in [5, 5.41) is 2.90. The molecule has 3 N–H and O–H groups in total. The smallest absolute Gasteiger partial charge is 0.242 e. The molecule has 1 saturated heterocycles. The fourth-order valence-corrected chi connectivity index (χ4v) is 2.29. The highest BCUT2D eigenvalue weighted by Crippen LogP contribution is 2.18. The number of hydrogen-bond acceptors (Lipinski definition) is 3. The molecule has 1 aliphatic heterocycles. The van der Waals surface area contributed by atoms with Crippen LogP contribution < -0.4 is 11.1 Å². The highest BCUT2D eigenvalue weighted by atomic mass is 16.2. The Morgan fingerprint density at radius 2 is 2.17 bits per heavy atom. The van der Waals surface area contributed by atoms with E-state index in [1.807, 2.05) is 6.92 Å². The largest absolute Gasteiger partial charge is 0.354 e. The molecule has 0 aromatic carbocycles. The Bertz CT molecular complexity index is 281. The van der Waals surface area contributed by atoms with Gasteiger partial charge in [-0.05, 0) is 38.6 Å². The molecule has 5 heteroatoms. The summed E-state index contributed by atoms with van der Waals surface area (Å²) in [6.45, 7) is 4.01. The van der Waals surface area contributed by atoms with E-state index in [2.05, 4.69) is 5.32 Å². The minimum Gasteiger partial charge on any atom is -0.354 e. The van der Waals surface area contributed by atoms with Crippen molar-refractivity contribution in [2.45, 2.75) is 51.5 Å². The Balaban J connectivity index is 2.38. The Hall–Kier alpha value is -1.10. The molecule has 5 nitrogen and oxygen atoms in total. The second-order valence-corrected chi connectivity index (χ2v) is 4.78. The highest BCUT2D eigenvalue weighted by Gasteiger charge is 2.33. The molecular weight excluding hydrogens is 230 g/mol. The van der Waals surface area contributed by atoms with Crippen LogP contribution in [-0.4, -0.2) is 42.4 Å². The van der Waals surface area contributed by atoms with Crippen molar-refractivity contribution in [1.82, 2.24) is 10.2 Å². The molecule has 0 aliphatic carbocycles. The van der Waals surface area contributed by atoms with E-state index in [1.165, 1.54) is 0 Å². The number of likely N-dealkylation sites (tertiary alicyclic amines) is 1. The third-order valence-corrected chi connectivity index (χ3v) is 3.27. The Kier molecular flexibility index (Phi) is 6.72. The molecule has 0 aromatic heterocycles. The topological polar surface area (TPSA) is 75.4 Å². The van der Waals surface area contributed by atoms with Gasteiger partial charge in [-0.2, -0.15) is 0 Å². The maximum atomic E-state index is 12.0. The highest BCUT2D eigenvalue weighted by molar-refractivity contribution is 5.88. The third-order valence-electron chi connectivity index (χ3n) is 3.27. The molecule has 0 bridgehead atoms. The van der Waals surface area contributed by atoms with Crippen molar-refractivity contribution < 1.29 is 9.59 Å². The van der Waals surface area contributed by atoms with Gasteiger partial charge in [0.15, 0.2) is 0 Å². The van der Waals surface area contributed by atoms with Gasteiger partial charge in [0, 0.05) is 19.5 Å². The summed E-state index contributed by atoms with van der Waals surface area (Å²) in [5.41, 5.74) is 5.40. The summed E-state index contributed by atoms with van der Waals surface area (Å²) in [6.07, 6.45) is 4.91. The average Bonchev–Trinajstić information content (AvgIpc) is 2.84. The quantitative estimate of drug-likeness (QED) is 0.655. The first kappa shape index (κ1) is 15.0. The zero-order valence-corrected chi connectivity index (χ0v) is 11.3. The van der Waals surface area contributed by atoms with Crippen molar-refractivity contribution in [3.05, 3.63) is 0 Å². The maximum Gasteiger partial charge on any atom is 0.242 e. The van der Waals surface area contributed by atoms with Crippen molar-refractivity contribution in [2.75, 3.05) is 19.6 Å². The summed E-state index contributed by atoms with van der Waals surface area (Å²) in [6, 6.07) is -0.248. The molecule has 18 heavy (non-hydrogen) atoms. The number of carbonyl (C=O) groups is 2. The maximum absolute atomic E-state index is 12.0. The van der Waals surface area contributed by atoms with Crippen LogP contribution in [0.1, 0.15) is 45.4 Å². The van der Waals surface area contributed by atoms with E-state index in [1.54, 1.807) is 4.90 Å². The fraction of sp³-hybridized carbons (Fsp3) is 0.846. The summed E-state index contributed by atoms with van der Waals surface area (Å²) in [5.74, 6) is 0.103. The van der Waals surface area contributed by atoms with Crippen molar-refractivity contribution in [3.63, 3.8) is 0 Å². The average molecular weight is 255 g/mol. The lowest BCUT2D eigenvalue weighted by molar-refractivity contribution is -0.138. The number of hydrogen-bond donors (Lipinski definition) is 2. The van der Waals surface area contributed by atoms with Crippen LogP contribution in [0.4, 0.5) is 0 Å². The Morgan fingerprint density at radius 3 is 2.83 bits per heavy atom. The number of nitrogens with two attached hydrogens (primary N) is 1. The normalized spacial score (nSPS) is 19.0. The molecule has 1 fully saturated rings. The van der Waals surface area contributed by atoms with Crippen LogP contribution >= 0.6 is 0 Å². The lowest BCUT2D eigenvalue weighted by Gasteiger charge is -2.23. The molecule has 0 radical (unpaired) electrons. The number of nitrogens with zero attached hydrogens (tertiary/aromatic N) is 1. The second kappa shape index (κ2) is 8.08. The molecule has 1 atom stereocenters. The van der Waals surface area contributed by atoms with Gasteiger partial charge in [-0.1, -0.05) is 6.92 Å². The predicted molar refractivity (Wildman–Crippen MR) is 70.9 cm³/mol. The Morgan fingerprint density at radius 1 is 1.39 bits per heavy atom. The standard InChI is InChI=1S/C13H25N3O2/c1-2-6-12(17)16-10-5-7-11(16)13(18)15-9-4-3-8-14/h11H,2-10,14H2,1H3,(H,15,18). The molecule has 1 rings (SSSR count). The van der Waals surface area contributed by atoms with Crippen molar-refractivity contribution >= 4 is 11.8 Å². The van der Waals surface area contributed by atoms with Gasteiger partial charge in [-0.3, -0.25) is 9.59 Å². The first-order valence-corrected chi connectivity index (χ1v) is 6.98. The Labute approximate surface area is 109 Å². The summed E-state index contributed by atoms with van der Waals surface area (Å²) in [4.78, 5) is 25.6. The van der Waals surface area contributed by atoms with Crippen LogP contribution in [0.25, 0.3) is 0 Å². The first-order valence-electron chi connectivity index (χ1n) is 6.98. The van der Waals surface area contributed by atoms with Gasteiger partial charge in [0.1, 0.15) is 6.04 Å². The van der Waals surface area contributed by atoms with E-state index < -0.39 is 0 Å². The first-order chi connectivity index (χ1) is 8.70. The zero-order valence-electron chi connectivity index (χ0n) is 11.3. The lowest BCUT2D eigenvalue weighted by Crippen LogP contribution is -2.46. The number of rotatable bonds is 7. The fourth-order valence-electron chi connectivity index (χ4n) is 2.29. The lowest BCUT2D eigenvalue weighted by atomic mass is 10.2. The molecule has 1 unspecified atom stereocenters. The van der Waals surface area contributed by atoms with Crippen molar-refractivity contribution in [2.24, 2.45) is 5.73 Å². The monoisotopic (exact) mass is 255 g/mol. The molecule has 104 valence electrons. The van der Waals surface area contributed by atoms with E-state index in [-0.39, 0.29) is 17.9 Å². The van der Waals surface area contributed by atoms with Gasteiger partial charge in [0.2, 0.25) is 11.8 Å². The van der Waals surface area contributed by atoms with Crippen molar-refractivity contribution in [1.29, 1.82) is 0 Å². The van der Waals surface area contributed by atoms with Gasteiger partial charge >= 0.3 is 0 Å². The van der Waals surface area contributed by atoms with E-state index >= 15 is 0 Å². The van der Waals surface area contributed by atoms with E-state index in [0.717, 1.165) is 38.6 Å². The van der Waals surface area contributed by atoms with Crippen LogP contribution in [0.3, 0.4) is 0 Å². The number of carbonyl (C=O) groups excluding carboxylic acids is 2. The minimum atomic E-state index is -0.248. The van der Waals surface area contributed by atoms with Crippen molar-refractivity contribution in [3.8, 4) is 0 Å². The number of unbranched alkanes of at least 4 members (excludes halogenated alkanes) is 1. The van der Waals surface area contributed by atoms with Gasteiger partial charge in [0.05, 0.1) is 0 Å². The second-order valence-electron chi connectivity index (χ2n) is 4.78. The molecule has 1 aliphatic rings. The molecule has 1 heterocycles. The van der Waals surface area contributed by atoms with Gasteiger partial charge in [-0.25, -0.2) is 0 Å². The van der Waals surface area contributed by atoms with Crippen LogP contribution in [0.5, 0.6) is 0 Å². The summed E-state index contributed by atoms with van der Waals surface area (Å²) in [7, 11) is 0. The molecular formula is C13H25N3O2. The number of amides is 2. The SMILES string of the molecule is CCCC(=O)N1CCCC1C(=O)NCCCCN.